The third-order valence-electron chi connectivity index (χ3n) is 4.01. The lowest BCUT2D eigenvalue weighted by atomic mass is 10.1. The van der Waals surface area contributed by atoms with Crippen LogP contribution in [0.4, 0.5) is 0 Å². The Morgan fingerprint density at radius 1 is 1.07 bits per heavy atom. The molecule has 29 heavy (non-hydrogen) atoms. The maximum atomic E-state index is 12.7. The third kappa shape index (κ3) is 6.82. The van der Waals surface area contributed by atoms with Crippen LogP contribution in [0.5, 0.6) is 0 Å². The molecule has 0 fully saturated rings. The molecule has 0 aliphatic rings. The molecule has 2 aromatic carbocycles. The van der Waals surface area contributed by atoms with Gasteiger partial charge in [-0.05, 0) is 57.0 Å². The van der Waals surface area contributed by atoms with E-state index in [4.69, 9.17) is 16.3 Å². The average Bonchev–Trinajstić information content (AvgIpc) is 2.64. The van der Waals surface area contributed by atoms with E-state index in [-0.39, 0.29) is 34.2 Å². The maximum Gasteiger partial charge on any atom is 0.253 e. The first-order chi connectivity index (χ1) is 13.6. The summed E-state index contributed by atoms with van der Waals surface area (Å²) in [6.45, 7) is 8.08. The molecule has 158 valence electrons. The molecule has 0 unspecified atom stereocenters. The third-order valence-corrected chi connectivity index (χ3v) is 6.00. The van der Waals surface area contributed by atoms with Crippen LogP contribution in [0.1, 0.15) is 49.2 Å². The Kier molecular flexibility index (Phi) is 8.22. The van der Waals surface area contributed by atoms with Gasteiger partial charge in [0, 0.05) is 12.6 Å². The van der Waals surface area contributed by atoms with Gasteiger partial charge >= 0.3 is 0 Å². The molecular formula is C21H27ClN2O4S. The van der Waals surface area contributed by atoms with E-state index in [0.29, 0.717) is 6.61 Å². The standard InChI is InChI=1S/C21H27ClN2O4S/c1-14(2)24-29(26,27)18-9-10-20(22)19(11-18)21(25)23-12-16-7-5-6-8-17(16)13-28-15(3)4/h5-11,14-15,24H,12-13H2,1-4H3,(H,23,25). The summed E-state index contributed by atoms with van der Waals surface area (Å²) in [5.41, 5.74) is 2.00. The van der Waals surface area contributed by atoms with Crippen molar-refractivity contribution in [1.29, 1.82) is 0 Å². The van der Waals surface area contributed by atoms with E-state index in [2.05, 4.69) is 10.0 Å². The largest absolute Gasteiger partial charge is 0.374 e. The van der Waals surface area contributed by atoms with Crippen molar-refractivity contribution < 1.29 is 17.9 Å². The lowest BCUT2D eigenvalue weighted by Crippen LogP contribution is -2.30. The van der Waals surface area contributed by atoms with Crippen molar-refractivity contribution in [3.8, 4) is 0 Å². The summed E-state index contributed by atoms with van der Waals surface area (Å²) in [6.07, 6.45) is 0.0978. The highest BCUT2D eigenvalue weighted by atomic mass is 35.5. The maximum absolute atomic E-state index is 12.7. The van der Waals surface area contributed by atoms with Crippen molar-refractivity contribution in [3.05, 3.63) is 64.2 Å². The van der Waals surface area contributed by atoms with Crippen LogP contribution in [0, 0.1) is 0 Å². The molecule has 2 N–H and O–H groups in total. The van der Waals surface area contributed by atoms with Gasteiger partial charge in [-0.3, -0.25) is 4.79 Å². The molecule has 0 aromatic heterocycles. The number of benzene rings is 2. The normalized spacial score (nSPS) is 11.8. The predicted molar refractivity (Wildman–Crippen MR) is 114 cm³/mol. The van der Waals surface area contributed by atoms with Gasteiger partial charge < -0.3 is 10.1 Å². The fourth-order valence-corrected chi connectivity index (χ4v) is 4.10. The molecule has 0 radical (unpaired) electrons. The Morgan fingerprint density at radius 2 is 1.72 bits per heavy atom. The highest BCUT2D eigenvalue weighted by Gasteiger charge is 2.19. The molecule has 2 rings (SSSR count). The average molecular weight is 439 g/mol. The molecule has 0 saturated carbocycles. The number of hydrogen-bond donors (Lipinski definition) is 2. The second-order valence-corrected chi connectivity index (χ2v) is 9.35. The fourth-order valence-electron chi connectivity index (χ4n) is 2.62. The van der Waals surface area contributed by atoms with Gasteiger partial charge in [-0.1, -0.05) is 35.9 Å². The first-order valence-electron chi connectivity index (χ1n) is 9.38. The number of nitrogens with one attached hydrogen (secondary N) is 2. The number of halogens is 1. The second-order valence-electron chi connectivity index (χ2n) is 7.23. The fraction of sp³-hybridized carbons (Fsp3) is 0.381. The molecule has 0 saturated heterocycles. The Morgan fingerprint density at radius 3 is 2.34 bits per heavy atom. The molecule has 2 aromatic rings. The number of hydrogen-bond acceptors (Lipinski definition) is 4. The predicted octanol–water partition coefficient (Wildman–Crippen LogP) is 3.88. The molecule has 0 aliphatic carbocycles. The van der Waals surface area contributed by atoms with Gasteiger partial charge in [-0.25, -0.2) is 13.1 Å². The van der Waals surface area contributed by atoms with E-state index >= 15 is 0 Å². The lowest BCUT2D eigenvalue weighted by molar-refractivity contribution is 0.0651. The summed E-state index contributed by atoms with van der Waals surface area (Å²) in [5.74, 6) is -0.448. The van der Waals surface area contributed by atoms with E-state index in [0.717, 1.165) is 11.1 Å². The molecule has 0 atom stereocenters. The molecule has 8 heteroatoms. The second kappa shape index (κ2) is 10.2. The lowest BCUT2D eigenvalue weighted by Gasteiger charge is -2.14. The molecule has 0 heterocycles. The van der Waals surface area contributed by atoms with E-state index in [1.54, 1.807) is 13.8 Å². The molecule has 1 amide bonds. The van der Waals surface area contributed by atoms with Crippen LogP contribution in [-0.2, 0) is 27.9 Å². The minimum atomic E-state index is -3.73. The summed E-state index contributed by atoms with van der Waals surface area (Å²) in [5, 5.41) is 2.99. The van der Waals surface area contributed by atoms with Crippen molar-refractivity contribution in [1.82, 2.24) is 10.0 Å². The smallest absolute Gasteiger partial charge is 0.253 e. The first kappa shape index (κ1) is 23.3. The Labute approximate surface area is 177 Å². The van der Waals surface area contributed by atoms with Crippen molar-refractivity contribution in [3.63, 3.8) is 0 Å². The minimum absolute atomic E-state index is 0.00789. The zero-order chi connectivity index (χ0) is 21.6. The van der Waals surface area contributed by atoms with E-state index in [1.807, 2.05) is 38.1 Å². The summed E-state index contributed by atoms with van der Waals surface area (Å²) < 4.78 is 32.9. The Bertz CT molecular complexity index is 959. The topological polar surface area (TPSA) is 84.5 Å². The molecule has 0 spiro atoms. The van der Waals surface area contributed by atoms with Gasteiger partial charge in [-0.15, -0.1) is 0 Å². The Balaban J connectivity index is 2.17. The quantitative estimate of drug-likeness (QED) is 0.622. The minimum Gasteiger partial charge on any atom is -0.374 e. The van der Waals surface area contributed by atoms with Crippen LogP contribution in [0.3, 0.4) is 0 Å². The summed E-state index contributed by atoms with van der Waals surface area (Å²) >= 11 is 6.15. The number of amides is 1. The van der Waals surface area contributed by atoms with Gasteiger partial charge in [0.05, 0.1) is 28.2 Å². The zero-order valence-corrected chi connectivity index (χ0v) is 18.6. The Hall–Kier alpha value is -1.93. The zero-order valence-electron chi connectivity index (χ0n) is 17.0. The van der Waals surface area contributed by atoms with Gasteiger partial charge in [0.2, 0.25) is 10.0 Å². The number of carbonyl (C=O) groups excluding carboxylic acids is 1. The van der Waals surface area contributed by atoms with Gasteiger partial charge in [-0.2, -0.15) is 0 Å². The molecule has 6 nitrogen and oxygen atoms in total. The summed E-state index contributed by atoms with van der Waals surface area (Å²) in [7, 11) is -3.73. The van der Waals surface area contributed by atoms with Crippen LogP contribution in [-0.4, -0.2) is 26.5 Å². The number of rotatable bonds is 9. The molecule has 0 aliphatic heterocycles. The van der Waals surface area contributed by atoms with E-state index < -0.39 is 15.9 Å². The van der Waals surface area contributed by atoms with Crippen LogP contribution in [0.2, 0.25) is 5.02 Å². The van der Waals surface area contributed by atoms with Gasteiger partial charge in [0.25, 0.3) is 5.91 Å². The van der Waals surface area contributed by atoms with Crippen molar-refractivity contribution in [2.24, 2.45) is 0 Å². The van der Waals surface area contributed by atoms with Crippen LogP contribution < -0.4 is 10.0 Å². The van der Waals surface area contributed by atoms with Crippen LogP contribution >= 0.6 is 11.6 Å². The van der Waals surface area contributed by atoms with Crippen molar-refractivity contribution >= 4 is 27.5 Å². The number of sulfonamides is 1. The SMILES string of the molecule is CC(C)NS(=O)(=O)c1ccc(Cl)c(C(=O)NCc2ccccc2COC(C)C)c1. The number of ether oxygens (including phenoxy) is 1. The monoisotopic (exact) mass is 438 g/mol. The highest BCUT2D eigenvalue weighted by molar-refractivity contribution is 7.89. The number of carbonyl (C=O) groups is 1. The highest BCUT2D eigenvalue weighted by Crippen LogP contribution is 2.21. The molecule has 0 bridgehead atoms. The van der Waals surface area contributed by atoms with E-state index in [1.165, 1.54) is 18.2 Å². The van der Waals surface area contributed by atoms with Crippen molar-refractivity contribution in [2.75, 3.05) is 0 Å². The van der Waals surface area contributed by atoms with Crippen molar-refractivity contribution in [2.45, 2.75) is 57.9 Å². The van der Waals surface area contributed by atoms with Crippen LogP contribution in [0.25, 0.3) is 0 Å². The van der Waals surface area contributed by atoms with Gasteiger partial charge in [0.15, 0.2) is 0 Å². The van der Waals surface area contributed by atoms with Gasteiger partial charge in [0.1, 0.15) is 0 Å². The van der Waals surface area contributed by atoms with Crippen LogP contribution in [0.15, 0.2) is 47.4 Å². The van der Waals surface area contributed by atoms with E-state index in [9.17, 15) is 13.2 Å². The summed E-state index contributed by atoms with van der Waals surface area (Å²) in [4.78, 5) is 12.7. The first-order valence-corrected chi connectivity index (χ1v) is 11.2. The molecular weight excluding hydrogens is 412 g/mol. The summed E-state index contributed by atoms with van der Waals surface area (Å²) in [6, 6.07) is 11.5.